The molecule has 0 saturated heterocycles. The van der Waals surface area contributed by atoms with Gasteiger partial charge in [0.15, 0.2) is 16.7 Å². The molecule has 0 spiro atoms. The molecule has 5 nitrogen and oxygen atoms in total. The summed E-state index contributed by atoms with van der Waals surface area (Å²) in [7, 11) is 1.04. The Balaban J connectivity index is 2.13. The normalized spacial score (nSPS) is 12.0. The number of hydrogen-bond acceptors (Lipinski definition) is 5. The minimum Gasteiger partial charge on any atom is -0.409 e. The fourth-order valence-electron chi connectivity index (χ4n) is 2.47. The van der Waals surface area contributed by atoms with E-state index in [9.17, 15) is 35.5 Å². The van der Waals surface area contributed by atoms with Crippen molar-refractivity contribution < 1.29 is 40.3 Å². The van der Waals surface area contributed by atoms with Crippen LogP contribution in [0.5, 0.6) is 5.75 Å². The Morgan fingerprint density at radius 2 is 1.81 bits per heavy atom. The SMILES string of the molecule is CN(C(=O)Oc1c(-c2nccs2)cc(C(F)(F)F)cc1C(F)(F)F)c1ccc(F)c(Cl)n1. The molecule has 3 rings (SSSR count). The van der Waals surface area contributed by atoms with E-state index in [4.69, 9.17) is 16.3 Å². The third kappa shape index (κ3) is 4.93. The number of carbonyl (C=O) groups is 1. The lowest BCUT2D eigenvalue weighted by Crippen LogP contribution is -2.31. The first kappa shape index (κ1) is 23.7. The van der Waals surface area contributed by atoms with Gasteiger partial charge in [0.25, 0.3) is 0 Å². The van der Waals surface area contributed by atoms with Gasteiger partial charge in [0, 0.05) is 18.6 Å². The van der Waals surface area contributed by atoms with Crippen LogP contribution >= 0.6 is 22.9 Å². The van der Waals surface area contributed by atoms with Crippen molar-refractivity contribution in [2.24, 2.45) is 0 Å². The minimum absolute atomic E-state index is 0.160. The summed E-state index contributed by atoms with van der Waals surface area (Å²) in [5, 5.41) is 0.469. The first-order valence-electron chi connectivity index (χ1n) is 8.29. The van der Waals surface area contributed by atoms with E-state index in [1.54, 1.807) is 0 Å². The summed E-state index contributed by atoms with van der Waals surface area (Å²) in [5.41, 5.74) is -4.12. The zero-order chi connectivity index (χ0) is 23.8. The van der Waals surface area contributed by atoms with Gasteiger partial charge in [-0.1, -0.05) is 11.6 Å². The number of hydrogen-bond donors (Lipinski definition) is 0. The summed E-state index contributed by atoms with van der Waals surface area (Å²) in [6, 6.07) is 2.10. The van der Waals surface area contributed by atoms with Crippen molar-refractivity contribution in [2.45, 2.75) is 12.4 Å². The summed E-state index contributed by atoms with van der Waals surface area (Å²) in [6.07, 6.45) is -10.7. The maximum atomic E-state index is 13.6. The summed E-state index contributed by atoms with van der Waals surface area (Å²) in [5.74, 6) is -2.37. The standard InChI is InChI=1S/C18H9ClF7N3O2S/c1-29(12-3-2-11(20)14(19)28-12)16(30)31-13-9(15-27-4-5-32-15)6-8(17(21,22)23)7-10(13)18(24,25)26/h2-7H,1H3. The first-order valence-corrected chi connectivity index (χ1v) is 9.54. The molecule has 0 saturated carbocycles. The molecule has 32 heavy (non-hydrogen) atoms. The third-order valence-electron chi connectivity index (χ3n) is 3.98. The predicted molar refractivity (Wildman–Crippen MR) is 101 cm³/mol. The van der Waals surface area contributed by atoms with E-state index in [2.05, 4.69) is 9.97 Å². The highest BCUT2D eigenvalue weighted by atomic mass is 35.5. The molecule has 0 radical (unpaired) electrons. The van der Waals surface area contributed by atoms with Gasteiger partial charge in [-0.25, -0.2) is 19.2 Å². The van der Waals surface area contributed by atoms with E-state index in [1.807, 2.05) is 0 Å². The van der Waals surface area contributed by atoms with Gasteiger partial charge in [-0.05, 0) is 24.3 Å². The third-order valence-corrected chi connectivity index (χ3v) is 5.05. The van der Waals surface area contributed by atoms with Gasteiger partial charge in [-0.15, -0.1) is 11.3 Å². The van der Waals surface area contributed by atoms with Crippen molar-refractivity contribution in [1.29, 1.82) is 0 Å². The van der Waals surface area contributed by atoms with Crippen molar-refractivity contribution in [1.82, 2.24) is 9.97 Å². The van der Waals surface area contributed by atoms with E-state index in [1.165, 1.54) is 5.38 Å². The van der Waals surface area contributed by atoms with Crippen molar-refractivity contribution in [3.05, 3.63) is 57.9 Å². The molecule has 3 aromatic rings. The molecule has 0 N–H and O–H groups in total. The number of pyridine rings is 1. The average molecular weight is 500 g/mol. The summed E-state index contributed by atoms with van der Waals surface area (Å²) in [6.45, 7) is 0. The lowest BCUT2D eigenvalue weighted by atomic mass is 10.0. The monoisotopic (exact) mass is 499 g/mol. The molecule has 0 atom stereocenters. The smallest absolute Gasteiger partial charge is 0.409 e. The van der Waals surface area contributed by atoms with Crippen LogP contribution < -0.4 is 9.64 Å². The number of benzene rings is 1. The Morgan fingerprint density at radius 1 is 1.12 bits per heavy atom. The molecular formula is C18H9ClF7N3O2S. The molecule has 0 unspecified atom stereocenters. The minimum atomic E-state index is -5.31. The van der Waals surface area contributed by atoms with Gasteiger partial charge in [-0.2, -0.15) is 26.3 Å². The van der Waals surface area contributed by atoms with Crippen LogP contribution in [0, 0.1) is 5.82 Å². The van der Waals surface area contributed by atoms with Crippen LogP contribution in [0.15, 0.2) is 35.8 Å². The summed E-state index contributed by atoms with van der Waals surface area (Å²) < 4.78 is 98.8. The number of thiazole rings is 1. The number of aromatic nitrogens is 2. The number of nitrogens with zero attached hydrogens (tertiary/aromatic N) is 3. The second-order valence-electron chi connectivity index (χ2n) is 6.10. The summed E-state index contributed by atoms with van der Waals surface area (Å²) in [4.78, 5) is 20.4. The molecule has 0 bridgehead atoms. The molecule has 2 heterocycles. The number of alkyl halides is 6. The number of ether oxygens (including phenoxy) is 1. The van der Waals surface area contributed by atoms with E-state index in [0.29, 0.717) is 11.0 Å². The molecule has 0 fully saturated rings. The maximum Gasteiger partial charge on any atom is 0.420 e. The van der Waals surface area contributed by atoms with Gasteiger partial charge in [0.05, 0.1) is 16.7 Å². The highest BCUT2D eigenvalue weighted by molar-refractivity contribution is 7.13. The van der Waals surface area contributed by atoms with Gasteiger partial charge in [-0.3, -0.25) is 4.90 Å². The number of rotatable bonds is 3. The van der Waals surface area contributed by atoms with Gasteiger partial charge < -0.3 is 4.74 Å². The van der Waals surface area contributed by atoms with Crippen LogP contribution in [-0.2, 0) is 12.4 Å². The highest BCUT2D eigenvalue weighted by Gasteiger charge is 2.41. The Labute approximate surface area is 184 Å². The Hall–Kier alpha value is -2.93. The zero-order valence-corrected chi connectivity index (χ0v) is 17.1. The van der Waals surface area contributed by atoms with Crippen LogP contribution in [0.3, 0.4) is 0 Å². The van der Waals surface area contributed by atoms with Crippen LogP contribution in [0.2, 0.25) is 5.15 Å². The molecule has 2 aromatic heterocycles. The van der Waals surface area contributed by atoms with E-state index >= 15 is 0 Å². The van der Waals surface area contributed by atoms with Crippen LogP contribution in [-0.4, -0.2) is 23.1 Å². The van der Waals surface area contributed by atoms with Gasteiger partial charge in [0.2, 0.25) is 0 Å². The molecule has 0 aliphatic heterocycles. The Morgan fingerprint density at radius 3 is 2.34 bits per heavy atom. The van der Waals surface area contributed by atoms with E-state index in [-0.39, 0.29) is 16.9 Å². The van der Waals surface area contributed by atoms with Crippen LogP contribution in [0.1, 0.15) is 11.1 Å². The number of anilines is 1. The maximum absolute atomic E-state index is 13.6. The van der Waals surface area contributed by atoms with E-state index in [0.717, 1.165) is 36.7 Å². The highest BCUT2D eigenvalue weighted by Crippen LogP contribution is 2.46. The van der Waals surface area contributed by atoms with Gasteiger partial charge >= 0.3 is 18.4 Å². The second-order valence-corrected chi connectivity index (χ2v) is 7.35. The molecule has 1 amide bonds. The number of halogens is 8. The molecular weight excluding hydrogens is 491 g/mol. The average Bonchev–Trinajstić information content (AvgIpc) is 3.22. The number of amides is 1. The predicted octanol–water partition coefficient (Wildman–Crippen LogP) is 6.67. The lowest BCUT2D eigenvalue weighted by molar-refractivity contribution is -0.143. The Bertz CT molecular complexity index is 1150. The molecule has 0 aliphatic rings. The zero-order valence-electron chi connectivity index (χ0n) is 15.6. The molecule has 0 aliphatic carbocycles. The van der Waals surface area contributed by atoms with Crippen molar-refractivity contribution in [3.8, 4) is 16.3 Å². The quantitative estimate of drug-likeness (QED) is 0.298. The topological polar surface area (TPSA) is 55.3 Å². The largest absolute Gasteiger partial charge is 0.420 e. The Kier molecular flexibility index (Phi) is 6.33. The summed E-state index contributed by atoms with van der Waals surface area (Å²) >= 11 is 6.28. The van der Waals surface area contributed by atoms with E-state index < -0.39 is 51.9 Å². The second kappa shape index (κ2) is 8.54. The fraction of sp³-hybridized carbons (Fsp3) is 0.167. The lowest BCUT2D eigenvalue weighted by Gasteiger charge is -2.21. The van der Waals surface area contributed by atoms with Crippen molar-refractivity contribution in [2.75, 3.05) is 11.9 Å². The molecule has 1 aromatic carbocycles. The van der Waals surface area contributed by atoms with Crippen molar-refractivity contribution in [3.63, 3.8) is 0 Å². The molecule has 170 valence electrons. The van der Waals surface area contributed by atoms with Crippen molar-refractivity contribution >= 4 is 34.8 Å². The van der Waals surface area contributed by atoms with Crippen LogP contribution in [0.25, 0.3) is 10.6 Å². The van der Waals surface area contributed by atoms with Gasteiger partial charge in [0.1, 0.15) is 10.8 Å². The fourth-order valence-corrected chi connectivity index (χ4v) is 3.27. The van der Waals surface area contributed by atoms with Crippen LogP contribution in [0.4, 0.5) is 41.3 Å². The first-order chi connectivity index (χ1) is 14.8. The molecule has 14 heteroatoms. The number of carbonyl (C=O) groups excluding carboxylic acids is 1.